The number of piperazine rings is 1. The molecule has 3 heterocycles. The molecule has 32 heavy (non-hydrogen) atoms. The third-order valence-corrected chi connectivity index (χ3v) is 5.94. The summed E-state index contributed by atoms with van der Waals surface area (Å²) < 4.78 is 7.45. The van der Waals surface area contributed by atoms with Crippen LogP contribution in [-0.2, 0) is 0 Å². The molecule has 0 aliphatic carbocycles. The van der Waals surface area contributed by atoms with E-state index < -0.39 is 0 Å². The number of hydrogen-bond acceptors (Lipinski definition) is 7. The van der Waals surface area contributed by atoms with Crippen LogP contribution in [0.5, 0.6) is 5.75 Å². The Labute approximate surface area is 187 Å². The molecule has 0 bridgehead atoms. The van der Waals surface area contributed by atoms with Crippen LogP contribution in [0.3, 0.4) is 0 Å². The van der Waals surface area contributed by atoms with Crippen LogP contribution in [-0.4, -0.2) is 67.1 Å². The molecule has 0 saturated carbocycles. The van der Waals surface area contributed by atoms with Gasteiger partial charge in [-0.2, -0.15) is 5.10 Å². The molecule has 0 amide bonds. The van der Waals surface area contributed by atoms with Crippen molar-refractivity contribution in [3.05, 3.63) is 61.1 Å². The zero-order valence-corrected chi connectivity index (χ0v) is 18.6. The van der Waals surface area contributed by atoms with Gasteiger partial charge >= 0.3 is 0 Å². The molecule has 1 fully saturated rings. The van der Waals surface area contributed by atoms with E-state index in [-0.39, 0.29) is 0 Å². The predicted molar refractivity (Wildman–Crippen MR) is 128 cm³/mol. The van der Waals surface area contributed by atoms with Gasteiger partial charge in [-0.15, -0.1) is 0 Å². The van der Waals surface area contributed by atoms with Gasteiger partial charge in [-0.3, -0.25) is 0 Å². The Morgan fingerprint density at radius 3 is 2.28 bits per heavy atom. The molecule has 164 valence electrons. The van der Waals surface area contributed by atoms with Gasteiger partial charge in [0.2, 0.25) is 0 Å². The Bertz CT molecular complexity index is 1230. The van der Waals surface area contributed by atoms with Gasteiger partial charge in [0.15, 0.2) is 5.65 Å². The zero-order valence-electron chi connectivity index (χ0n) is 18.6. The Balaban J connectivity index is 1.43. The van der Waals surface area contributed by atoms with Crippen molar-refractivity contribution < 1.29 is 4.74 Å². The van der Waals surface area contributed by atoms with E-state index in [1.165, 1.54) is 0 Å². The lowest BCUT2D eigenvalue weighted by molar-refractivity contribution is 0.413. The average molecular weight is 430 g/mol. The highest BCUT2D eigenvalue weighted by atomic mass is 16.5. The lowest BCUT2D eigenvalue weighted by atomic mass is 10.2. The summed E-state index contributed by atoms with van der Waals surface area (Å²) >= 11 is 0. The minimum atomic E-state index is 0.816. The molecule has 8 nitrogen and oxygen atoms in total. The summed E-state index contributed by atoms with van der Waals surface area (Å²) in [6.07, 6.45) is 3.52. The van der Waals surface area contributed by atoms with Gasteiger partial charge in [0.1, 0.15) is 17.9 Å². The number of para-hydroxylation sites is 4. The van der Waals surface area contributed by atoms with Crippen molar-refractivity contribution in [2.24, 2.45) is 0 Å². The molecule has 8 heteroatoms. The van der Waals surface area contributed by atoms with Crippen LogP contribution in [0.1, 0.15) is 0 Å². The topological polar surface area (TPSA) is 62.6 Å². The largest absolute Gasteiger partial charge is 0.495 e. The highest BCUT2D eigenvalue weighted by Gasteiger charge is 2.23. The second kappa shape index (κ2) is 8.37. The van der Waals surface area contributed by atoms with Crippen LogP contribution in [0.25, 0.3) is 16.7 Å². The third kappa shape index (κ3) is 3.47. The molecule has 2 aromatic heterocycles. The Hall–Kier alpha value is -3.81. The molecular formula is C24H27N7O. The molecule has 1 aliphatic rings. The molecule has 0 unspecified atom stereocenters. The first kappa shape index (κ1) is 20.1. The maximum Gasteiger partial charge on any atom is 0.168 e. The monoisotopic (exact) mass is 429 g/mol. The van der Waals surface area contributed by atoms with E-state index in [1.54, 1.807) is 13.4 Å². The van der Waals surface area contributed by atoms with E-state index in [0.717, 1.165) is 65.8 Å². The van der Waals surface area contributed by atoms with E-state index in [0.29, 0.717) is 0 Å². The van der Waals surface area contributed by atoms with E-state index in [2.05, 4.69) is 54.0 Å². The molecule has 1 saturated heterocycles. The highest BCUT2D eigenvalue weighted by molar-refractivity contribution is 5.88. The van der Waals surface area contributed by atoms with Crippen molar-refractivity contribution in [2.45, 2.75) is 0 Å². The van der Waals surface area contributed by atoms with Gasteiger partial charge in [0.25, 0.3) is 0 Å². The second-order valence-electron chi connectivity index (χ2n) is 8.02. The molecule has 0 atom stereocenters. The normalized spacial score (nSPS) is 14.1. The van der Waals surface area contributed by atoms with Gasteiger partial charge in [-0.25, -0.2) is 14.6 Å². The van der Waals surface area contributed by atoms with E-state index in [9.17, 15) is 0 Å². The summed E-state index contributed by atoms with van der Waals surface area (Å²) in [5.41, 5.74) is 4.04. The van der Waals surface area contributed by atoms with E-state index in [4.69, 9.17) is 4.74 Å². The van der Waals surface area contributed by atoms with Crippen LogP contribution in [0.15, 0.2) is 61.1 Å². The second-order valence-corrected chi connectivity index (χ2v) is 8.02. The van der Waals surface area contributed by atoms with Gasteiger partial charge in [0.05, 0.1) is 35.8 Å². The number of rotatable bonds is 5. The molecule has 4 aromatic rings. The summed E-state index contributed by atoms with van der Waals surface area (Å²) in [5.74, 6) is 1.84. The smallest absolute Gasteiger partial charge is 0.168 e. The molecule has 2 aromatic carbocycles. The highest BCUT2D eigenvalue weighted by Crippen LogP contribution is 2.31. The van der Waals surface area contributed by atoms with Crippen molar-refractivity contribution in [1.82, 2.24) is 19.7 Å². The molecule has 0 spiro atoms. The van der Waals surface area contributed by atoms with Crippen molar-refractivity contribution in [2.75, 3.05) is 62.1 Å². The lowest BCUT2D eigenvalue weighted by Gasteiger charge is -2.37. The number of benzene rings is 2. The standard InChI is InChI=1S/C24H27N7O/c1-28(2)19-8-4-5-9-20(19)31-24-18(16-27-31)23(25-17-26-24)30-14-12-29(13-15-30)21-10-6-7-11-22(21)32-3/h4-11,16-17H,12-15H2,1-3H3. The lowest BCUT2D eigenvalue weighted by Crippen LogP contribution is -2.47. The first-order valence-electron chi connectivity index (χ1n) is 10.8. The minimum Gasteiger partial charge on any atom is -0.495 e. The first-order chi connectivity index (χ1) is 15.7. The number of nitrogens with zero attached hydrogens (tertiary/aromatic N) is 7. The van der Waals surface area contributed by atoms with Crippen molar-refractivity contribution >= 4 is 28.2 Å². The first-order valence-corrected chi connectivity index (χ1v) is 10.8. The van der Waals surface area contributed by atoms with Gasteiger partial charge in [-0.1, -0.05) is 24.3 Å². The Kier molecular flexibility index (Phi) is 5.26. The number of hydrogen-bond donors (Lipinski definition) is 0. The Morgan fingerprint density at radius 1 is 0.844 bits per heavy atom. The molecule has 0 radical (unpaired) electrons. The number of aromatic nitrogens is 4. The summed E-state index contributed by atoms with van der Waals surface area (Å²) in [6.45, 7) is 3.51. The molecule has 1 aliphatic heterocycles. The van der Waals surface area contributed by atoms with E-state index in [1.807, 2.05) is 49.2 Å². The zero-order chi connectivity index (χ0) is 22.1. The summed E-state index contributed by atoms with van der Waals surface area (Å²) in [4.78, 5) is 16.0. The van der Waals surface area contributed by atoms with Crippen LogP contribution < -0.4 is 19.4 Å². The maximum absolute atomic E-state index is 5.55. The summed E-state index contributed by atoms with van der Waals surface area (Å²) in [5, 5.41) is 5.65. The summed E-state index contributed by atoms with van der Waals surface area (Å²) in [7, 11) is 5.79. The Morgan fingerprint density at radius 2 is 1.53 bits per heavy atom. The molecule has 5 rings (SSSR count). The predicted octanol–water partition coefficient (Wildman–Crippen LogP) is 3.22. The number of anilines is 3. The van der Waals surface area contributed by atoms with Crippen LogP contribution in [0.4, 0.5) is 17.2 Å². The average Bonchev–Trinajstić information content (AvgIpc) is 3.28. The minimum absolute atomic E-state index is 0.816. The maximum atomic E-state index is 5.55. The number of ether oxygens (including phenoxy) is 1. The fraction of sp³-hybridized carbons (Fsp3) is 0.292. The fourth-order valence-electron chi connectivity index (χ4n) is 4.33. The van der Waals surface area contributed by atoms with E-state index >= 15 is 0 Å². The summed E-state index contributed by atoms with van der Waals surface area (Å²) in [6, 6.07) is 16.4. The van der Waals surface area contributed by atoms with Crippen molar-refractivity contribution in [3.63, 3.8) is 0 Å². The van der Waals surface area contributed by atoms with Crippen LogP contribution >= 0.6 is 0 Å². The fourth-order valence-corrected chi connectivity index (χ4v) is 4.33. The number of fused-ring (bicyclic) bond motifs is 1. The molecule has 0 N–H and O–H groups in total. The van der Waals surface area contributed by atoms with Crippen LogP contribution in [0.2, 0.25) is 0 Å². The van der Waals surface area contributed by atoms with Gasteiger partial charge < -0.3 is 19.4 Å². The third-order valence-electron chi connectivity index (χ3n) is 5.94. The number of methoxy groups -OCH3 is 1. The molecular weight excluding hydrogens is 402 g/mol. The van der Waals surface area contributed by atoms with Crippen LogP contribution in [0, 0.1) is 0 Å². The van der Waals surface area contributed by atoms with Crippen molar-refractivity contribution in [3.8, 4) is 11.4 Å². The SMILES string of the molecule is COc1ccccc1N1CCN(c2ncnc3c2cnn3-c2ccccc2N(C)C)CC1. The van der Waals surface area contributed by atoms with Gasteiger partial charge in [-0.05, 0) is 24.3 Å². The quantitative estimate of drug-likeness (QED) is 0.483. The van der Waals surface area contributed by atoms with Gasteiger partial charge in [0, 0.05) is 40.3 Å². The van der Waals surface area contributed by atoms with Crippen molar-refractivity contribution in [1.29, 1.82) is 0 Å².